The fourth-order valence-electron chi connectivity index (χ4n) is 2.20. The number of hydrogen-bond acceptors (Lipinski definition) is 3. The van der Waals surface area contributed by atoms with Gasteiger partial charge in [-0.3, -0.25) is 0 Å². The smallest absolute Gasteiger partial charge is 0.174 e. The predicted molar refractivity (Wildman–Crippen MR) is 92.2 cm³/mol. The third-order valence-corrected chi connectivity index (χ3v) is 4.56. The monoisotopic (exact) mass is 435 g/mol. The molecule has 3 nitrogen and oxygen atoms in total. The lowest BCUT2D eigenvalue weighted by Crippen LogP contribution is -2.23. The summed E-state index contributed by atoms with van der Waals surface area (Å²) in [6.45, 7) is 3.00. The van der Waals surface area contributed by atoms with Crippen LogP contribution in [0.15, 0.2) is 38.0 Å². The Labute approximate surface area is 146 Å². The first-order valence-corrected chi connectivity index (χ1v) is 8.54. The summed E-state index contributed by atoms with van der Waals surface area (Å²) >= 11 is 13.2. The minimum absolute atomic E-state index is 0.0666. The van der Waals surface area contributed by atoms with Crippen LogP contribution < -0.4 is 10.1 Å². The third-order valence-electron chi connectivity index (χ3n) is 3.11. The zero-order valence-electron chi connectivity index (χ0n) is 11.8. The molecule has 0 saturated carbocycles. The second-order valence-electron chi connectivity index (χ2n) is 4.55. The number of furan rings is 1. The quantitative estimate of drug-likeness (QED) is 0.643. The van der Waals surface area contributed by atoms with Crippen LogP contribution in [0, 0.1) is 0 Å². The van der Waals surface area contributed by atoms with Crippen LogP contribution in [0.5, 0.6) is 5.75 Å². The van der Waals surface area contributed by atoms with Crippen LogP contribution in [0.1, 0.15) is 30.5 Å². The van der Waals surface area contributed by atoms with E-state index in [1.165, 1.54) is 0 Å². The minimum Gasteiger partial charge on any atom is -0.495 e. The van der Waals surface area contributed by atoms with E-state index in [4.69, 9.17) is 20.8 Å². The van der Waals surface area contributed by atoms with Crippen LogP contribution in [0.4, 0.5) is 0 Å². The van der Waals surface area contributed by atoms with E-state index in [2.05, 4.69) is 44.1 Å². The van der Waals surface area contributed by atoms with Crippen molar-refractivity contribution >= 4 is 43.5 Å². The lowest BCUT2D eigenvalue weighted by molar-refractivity contribution is 0.400. The van der Waals surface area contributed by atoms with Gasteiger partial charge in [0, 0.05) is 16.1 Å². The summed E-state index contributed by atoms with van der Waals surface area (Å²) in [7, 11) is 1.65. The SMILES string of the molecule is CCCNC(c1ccoc1Br)c1cc(Cl)cc(Br)c1OC. The normalized spacial score (nSPS) is 12.4. The van der Waals surface area contributed by atoms with Gasteiger partial charge in [-0.1, -0.05) is 18.5 Å². The summed E-state index contributed by atoms with van der Waals surface area (Å²) in [6, 6.07) is 5.61. The van der Waals surface area contributed by atoms with Gasteiger partial charge in [0.1, 0.15) is 5.75 Å². The second-order valence-corrected chi connectivity index (χ2v) is 6.56. The maximum Gasteiger partial charge on any atom is 0.174 e. The van der Waals surface area contributed by atoms with Crippen molar-refractivity contribution in [1.29, 1.82) is 0 Å². The number of halogens is 3. The molecule has 0 radical (unpaired) electrons. The molecule has 1 N–H and O–H groups in total. The van der Waals surface area contributed by atoms with E-state index in [-0.39, 0.29) is 6.04 Å². The van der Waals surface area contributed by atoms with Crippen molar-refractivity contribution in [2.45, 2.75) is 19.4 Å². The van der Waals surface area contributed by atoms with Crippen molar-refractivity contribution in [3.05, 3.63) is 49.8 Å². The molecule has 1 atom stereocenters. The van der Waals surface area contributed by atoms with E-state index in [9.17, 15) is 0 Å². The van der Waals surface area contributed by atoms with Gasteiger partial charge in [-0.05, 0) is 63.0 Å². The molecule has 114 valence electrons. The molecule has 0 spiro atoms. The van der Waals surface area contributed by atoms with E-state index in [1.54, 1.807) is 13.4 Å². The van der Waals surface area contributed by atoms with E-state index in [0.717, 1.165) is 34.3 Å². The zero-order valence-corrected chi connectivity index (χ0v) is 15.7. The number of nitrogens with one attached hydrogen (secondary N) is 1. The van der Waals surface area contributed by atoms with Gasteiger partial charge in [-0.15, -0.1) is 0 Å². The molecule has 1 unspecified atom stereocenters. The predicted octanol–water partition coefficient (Wildman–Crippen LogP) is 5.56. The van der Waals surface area contributed by atoms with E-state index in [0.29, 0.717) is 9.69 Å². The Hall–Kier alpha value is -0.490. The molecule has 0 aliphatic rings. The van der Waals surface area contributed by atoms with E-state index in [1.807, 2.05) is 18.2 Å². The van der Waals surface area contributed by atoms with E-state index < -0.39 is 0 Å². The summed E-state index contributed by atoms with van der Waals surface area (Å²) in [5, 5.41) is 4.16. The maximum absolute atomic E-state index is 6.21. The van der Waals surface area contributed by atoms with Crippen LogP contribution in [-0.4, -0.2) is 13.7 Å². The van der Waals surface area contributed by atoms with Crippen molar-refractivity contribution in [3.63, 3.8) is 0 Å². The van der Waals surface area contributed by atoms with Crippen LogP contribution in [0.3, 0.4) is 0 Å². The highest BCUT2D eigenvalue weighted by Gasteiger charge is 2.23. The van der Waals surface area contributed by atoms with Crippen molar-refractivity contribution < 1.29 is 9.15 Å². The standard InChI is InChI=1S/C15H16Br2ClNO2/c1-3-5-19-13(10-4-6-21-15(10)17)11-7-9(18)8-12(16)14(11)20-2/h4,6-8,13,19H,3,5H2,1-2H3. The van der Waals surface area contributed by atoms with Gasteiger partial charge < -0.3 is 14.5 Å². The molecule has 2 rings (SSSR count). The molecular weight excluding hydrogens is 421 g/mol. The Morgan fingerprint density at radius 3 is 2.67 bits per heavy atom. The second kappa shape index (κ2) is 7.68. The molecule has 21 heavy (non-hydrogen) atoms. The highest BCUT2D eigenvalue weighted by Crippen LogP contribution is 2.40. The lowest BCUT2D eigenvalue weighted by atomic mass is 10.00. The van der Waals surface area contributed by atoms with Gasteiger partial charge in [-0.2, -0.15) is 0 Å². The summed E-state index contributed by atoms with van der Waals surface area (Å²) < 4.78 is 12.4. The van der Waals surface area contributed by atoms with Crippen LogP contribution >= 0.6 is 43.5 Å². The number of benzene rings is 1. The molecule has 0 aliphatic heterocycles. The Balaban J connectivity index is 2.53. The summed E-state index contributed by atoms with van der Waals surface area (Å²) in [5.74, 6) is 0.765. The van der Waals surface area contributed by atoms with Crippen LogP contribution in [0.25, 0.3) is 0 Å². The Bertz CT molecular complexity index is 616. The highest BCUT2D eigenvalue weighted by atomic mass is 79.9. The van der Waals surface area contributed by atoms with Gasteiger partial charge in [0.25, 0.3) is 0 Å². The van der Waals surface area contributed by atoms with Crippen molar-refractivity contribution in [3.8, 4) is 5.75 Å². The number of rotatable bonds is 6. The van der Waals surface area contributed by atoms with Crippen LogP contribution in [0.2, 0.25) is 5.02 Å². The Morgan fingerprint density at radius 2 is 2.10 bits per heavy atom. The molecular formula is C15H16Br2ClNO2. The number of hydrogen-bond donors (Lipinski definition) is 1. The topological polar surface area (TPSA) is 34.4 Å². The molecule has 2 aromatic rings. The molecule has 0 aliphatic carbocycles. The van der Waals surface area contributed by atoms with Gasteiger partial charge in [0.05, 0.1) is 23.9 Å². The molecule has 0 amide bonds. The molecule has 0 saturated heterocycles. The number of ether oxygens (including phenoxy) is 1. The molecule has 0 bridgehead atoms. The Morgan fingerprint density at radius 1 is 1.33 bits per heavy atom. The first kappa shape index (κ1) is 16.9. The molecule has 0 fully saturated rings. The van der Waals surface area contributed by atoms with Gasteiger partial charge in [0.15, 0.2) is 4.67 Å². The first-order valence-electron chi connectivity index (χ1n) is 6.57. The van der Waals surface area contributed by atoms with Crippen molar-refractivity contribution in [2.75, 3.05) is 13.7 Å². The summed E-state index contributed by atoms with van der Waals surface area (Å²) in [5.41, 5.74) is 1.98. The largest absolute Gasteiger partial charge is 0.495 e. The fraction of sp³-hybridized carbons (Fsp3) is 0.333. The van der Waals surface area contributed by atoms with Gasteiger partial charge >= 0.3 is 0 Å². The van der Waals surface area contributed by atoms with E-state index >= 15 is 0 Å². The van der Waals surface area contributed by atoms with Crippen LogP contribution in [-0.2, 0) is 0 Å². The summed E-state index contributed by atoms with van der Waals surface area (Å²) in [6.07, 6.45) is 2.68. The summed E-state index contributed by atoms with van der Waals surface area (Å²) in [4.78, 5) is 0. The zero-order chi connectivity index (χ0) is 15.4. The molecule has 6 heteroatoms. The highest BCUT2D eigenvalue weighted by molar-refractivity contribution is 9.10. The molecule has 1 aromatic heterocycles. The van der Waals surface area contributed by atoms with Crippen molar-refractivity contribution in [2.24, 2.45) is 0 Å². The number of methoxy groups -OCH3 is 1. The average Bonchev–Trinajstić information content (AvgIpc) is 2.85. The fourth-order valence-corrected chi connectivity index (χ4v) is 3.66. The van der Waals surface area contributed by atoms with Gasteiger partial charge in [-0.25, -0.2) is 0 Å². The molecule has 1 aromatic carbocycles. The first-order chi connectivity index (χ1) is 10.1. The van der Waals surface area contributed by atoms with Gasteiger partial charge in [0.2, 0.25) is 0 Å². The van der Waals surface area contributed by atoms with Crippen molar-refractivity contribution in [1.82, 2.24) is 5.32 Å². The lowest BCUT2D eigenvalue weighted by Gasteiger charge is -2.22. The Kier molecular flexibility index (Phi) is 6.17. The third kappa shape index (κ3) is 3.83. The maximum atomic E-state index is 6.21. The average molecular weight is 438 g/mol. The minimum atomic E-state index is -0.0666. The molecule has 1 heterocycles.